The van der Waals surface area contributed by atoms with Crippen LogP contribution in [0.5, 0.6) is 17.4 Å². The number of halogens is 5. The Morgan fingerprint density at radius 3 is 1.69 bits per heavy atom. The molecule has 228 valence electrons. The fourth-order valence-corrected chi connectivity index (χ4v) is 4.29. The van der Waals surface area contributed by atoms with Crippen molar-refractivity contribution in [3.63, 3.8) is 0 Å². The molecule has 0 bridgehead atoms. The normalized spacial score (nSPS) is 10.3. The van der Waals surface area contributed by atoms with E-state index in [-0.39, 0.29) is 10.6 Å². The molecule has 12 heteroatoms. The third-order valence-electron chi connectivity index (χ3n) is 5.46. The van der Waals surface area contributed by atoms with Crippen molar-refractivity contribution in [1.29, 1.82) is 0 Å². The lowest BCUT2D eigenvalue weighted by molar-refractivity contribution is 0.185. The number of aromatic hydroxyl groups is 1. The van der Waals surface area contributed by atoms with Gasteiger partial charge >= 0.3 is 0 Å². The van der Waals surface area contributed by atoms with Crippen LogP contribution in [0.3, 0.4) is 0 Å². The van der Waals surface area contributed by atoms with Crippen LogP contribution < -0.4 is 4.74 Å². The smallest absolute Gasteiger partial charge is 0.237 e. The lowest BCUT2D eigenvalue weighted by Gasteiger charge is -2.28. The van der Waals surface area contributed by atoms with Gasteiger partial charge in [-0.2, -0.15) is 4.98 Å². The molecule has 4 aromatic rings. The Hall–Kier alpha value is -2.01. The van der Waals surface area contributed by atoms with Crippen LogP contribution in [0.25, 0.3) is 0 Å². The van der Waals surface area contributed by atoms with E-state index in [2.05, 4.69) is 91.3 Å². The van der Waals surface area contributed by atoms with Crippen molar-refractivity contribution in [2.75, 3.05) is 6.54 Å². The number of phenols is 1. The molecule has 7 nitrogen and oxygen atoms in total. The second-order valence-electron chi connectivity index (χ2n) is 9.24. The van der Waals surface area contributed by atoms with Crippen LogP contribution >= 0.6 is 66.7 Å². The Balaban J connectivity index is 0.000000295. The molecule has 0 aliphatic heterocycles. The number of aromatic nitrogens is 4. The van der Waals surface area contributed by atoms with Gasteiger partial charge in [0.25, 0.3) is 0 Å². The first kappa shape index (κ1) is 38.0. The van der Waals surface area contributed by atoms with Gasteiger partial charge in [0.1, 0.15) is 16.7 Å². The maximum Gasteiger partial charge on any atom is 0.237 e. The van der Waals surface area contributed by atoms with E-state index < -0.39 is 0 Å². The minimum Gasteiger partial charge on any atom is -0.508 e. The van der Waals surface area contributed by atoms with Gasteiger partial charge in [-0.15, -0.1) is 0 Å². The van der Waals surface area contributed by atoms with Gasteiger partial charge in [-0.05, 0) is 126 Å². The summed E-state index contributed by atoms with van der Waals surface area (Å²) in [4.78, 5) is 17.6. The molecule has 2 aromatic carbocycles. The Morgan fingerprint density at radius 1 is 0.786 bits per heavy atom. The van der Waals surface area contributed by atoms with Crippen LogP contribution in [0.15, 0.2) is 69.9 Å². The van der Waals surface area contributed by atoms with Crippen LogP contribution in [0.1, 0.15) is 45.7 Å². The van der Waals surface area contributed by atoms with Gasteiger partial charge < -0.3 is 9.84 Å². The zero-order valence-corrected chi connectivity index (χ0v) is 30.1. The number of benzene rings is 2. The summed E-state index contributed by atoms with van der Waals surface area (Å²) in [5.74, 6) is 1.53. The summed E-state index contributed by atoms with van der Waals surface area (Å²) >= 11 is 23.0. The van der Waals surface area contributed by atoms with E-state index in [4.69, 9.17) is 44.6 Å². The maximum absolute atomic E-state index is 8.92. The number of nitrogens with zero attached hydrogens (tertiary/aromatic N) is 5. The molecule has 42 heavy (non-hydrogen) atoms. The van der Waals surface area contributed by atoms with Crippen LogP contribution in [0, 0.1) is 13.8 Å². The number of hydrogen-bond donors (Lipinski definition) is 1. The quantitative estimate of drug-likeness (QED) is 0.160. The summed E-state index contributed by atoms with van der Waals surface area (Å²) in [7, 11) is 0. The van der Waals surface area contributed by atoms with Crippen molar-refractivity contribution >= 4 is 66.7 Å². The highest BCUT2D eigenvalue weighted by Gasteiger charge is 2.09. The highest BCUT2D eigenvalue weighted by molar-refractivity contribution is 9.10. The number of ether oxygens (including phenoxy) is 1. The van der Waals surface area contributed by atoms with Gasteiger partial charge in [-0.25, -0.2) is 15.0 Å². The molecule has 0 spiro atoms. The van der Waals surface area contributed by atoms with Crippen LogP contribution in [-0.4, -0.2) is 48.6 Å². The lowest BCUT2D eigenvalue weighted by atomic mass is 10.2. The molecule has 2 heterocycles. The number of hydrogen-bond acceptors (Lipinski definition) is 7. The third-order valence-corrected chi connectivity index (χ3v) is 7.47. The Labute approximate surface area is 280 Å². The molecule has 0 unspecified atom stereocenters. The van der Waals surface area contributed by atoms with E-state index in [9.17, 15) is 0 Å². The predicted octanol–water partition coefficient (Wildman–Crippen LogP) is 10.4. The molecular weight excluding hydrogens is 729 g/mol. The van der Waals surface area contributed by atoms with Crippen molar-refractivity contribution < 1.29 is 9.84 Å². The van der Waals surface area contributed by atoms with Gasteiger partial charge in [0.15, 0.2) is 0 Å². The average Bonchev–Trinajstić information content (AvgIpc) is 2.92. The molecule has 2 aromatic heterocycles. The molecule has 0 amide bonds. The molecule has 0 aliphatic carbocycles. The molecule has 1 N–H and O–H groups in total. The van der Waals surface area contributed by atoms with Crippen LogP contribution in [0.4, 0.5) is 0 Å². The predicted molar refractivity (Wildman–Crippen MR) is 181 cm³/mol. The number of rotatable bonds is 5. The Kier molecular flexibility index (Phi) is 18.1. The minimum atomic E-state index is 0.156. The second kappa shape index (κ2) is 20.0. The van der Waals surface area contributed by atoms with E-state index >= 15 is 0 Å². The molecule has 0 fully saturated rings. The summed E-state index contributed by atoms with van der Waals surface area (Å²) in [6, 6.07) is 16.3. The van der Waals surface area contributed by atoms with Crippen molar-refractivity contribution in [2.24, 2.45) is 0 Å². The third kappa shape index (κ3) is 14.4. The Bertz CT molecular complexity index is 1350. The summed E-state index contributed by atoms with van der Waals surface area (Å²) < 4.78 is 6.95. The summed E-state index contributed by atoms with van der Waals surface area (Å²) in [6.45, 7) is 16.2. The maximum atomic E-state index is 8.92. The summed E-state index contributed by atoms with van der Waals surface area (Å²) in [5, 5.41) is 9.56. The molecular formula is C30H36Br2Cl3N5O2. The first-order chi connectivity index (χ1) is 19.8. The minimum absolute atomic E-state index is 0.156. The second-order valence-corrected chi connectivity index (χ2v) is 12.0. The topological polar surface area (TPSA) is 84.3 Å². The van der Waals surface area contributed by atoms with E-state index in [1.54, 1.807) is 12.3 Å². The van der Waals surface area contributed by atoms with Gasteiger partial charge in [0.05, 0.1) is 8.95 Å². The van der Waals surface area contributed by atoms with Gasteiger partial charge in [0.2, 0.25) is 16.4 Å². The Morgan fingerprint density at radius 2 is 1.29 bits per heavy atom. The molecule has 0 atom stereocenters. The fourth-order valence-electron chi connectivity index (χ4n) is 3.39. The van der Waals surface area contributed by atoms with Crippen molar-refractivity contribution in [3.8, 4) is 17.4 Å². The SMILES string of the molecule is CCN(C(C)C)C(C)C.Cc1ccccc1O.Cc1ccccc1Oc1nc(Cl)ncc1Br.Clc1ncc(Br)c(Cl)n1. The monoisotopic (exact) mass is 761 g/mol. The standard InChI is InChI=1S/C11H8BrClN2O.C8H19N.C7H8O.C4HBrCl2N2/c1-7-4-2-3-5-9(7)16-10-8(12)6-14-11(13)15-10;1-6-9(7(2)3)8(4)5;1-6-4-2-3-5-7(6)8;5-2-1-8-4(7)9-3(2)6/h2-6H,1H3;7-8H,6H2,1-5H3;2-5,8H,1H3;1H. The van der Waals surface area contributed by atoms with E-state index in [1.807, 2.05) is 56.3 Å². The first-order valence-electron chi connectivity index (χ1n) is 13.0. The molecule has 0 radical (unpaired) electrons. The highest BCUT2D eigenvalue weighted by Crippen LogP contribution is 2.29. The molecule has 0 saturated heterocycles. The van der Waals surface area contributed by atoms with Crippen molar-refractivity contribution in [3.05, 3.63) is 96.7 Å². The van der Waals surface area contributed by atoms with E-state index in [0.717, 1.165) is 23.4 Å². The number of para-hydroxylation sites is 2. The van der Waals surface area contributed by atoms with Gasteiger partial charge in [-0.1, -0.05) is 54.9 Å². The molecule has 4 rings (SSSR count). The van der Waals surface area contributed by atoms with Gasteiger partial charge in [0, 0.05) is 24.5 Å². The van der Waals surface area contributed by atoms with E-state index in [0.29, 0.717) is 37.8 Å². The largest absolute Gasteiger partial charge is 0.508 e. The van der Waals surface area contributed by atoms with Crippen LogP contribution in [0.2, 0.25) is 15.7 Å². The highest BCUT2D eigenvalue weighted by atomic mass is 79.9. The van der Waals surface area contributed by atoms with Crippen molar-refractivity contribution in [1.82, 2.24) is 24.8 Å². The molecule has 0 aliphatic rings. The first-order valence-corrected chi connectivity index (χ1v) is 15.7. The average molecular weight is 765 g/mol. The molecule has 0 saturated carbocycles. The zero-order valence-electron chi connectivity index (χ0n) is 24.6. The van der Waals surface area contributed by atoms with Gasteiger partial charge in [-0.3, -0.25) is 4.90 Å². The van der Waals surface area contributed by atoms with Crippen molar-refractivity contribution in [2.45, 2.75) is 60.5 Å². The number of phenolic OH excluding ortho intramolecular Hbond substituents is 1. The van der Waals surface area contributed by atoms with Crippen LogP contribution in [-0.2, 0) is 0 Å². The lowest BCUT2D eigenvalue weighted by Crippen LogP contribution is -2.36. The fraction of sp³-hybridized carbons (Fsp3) is 0.333. The summed E-state index contributed by atoms with van der Waals surface area (Å²) in [6.07, 6.45) is 3.06. The van der Waals surface area contributed by atoms with E-state index in [1.165, 1.54) is 6.20 Å². The zero-order chi connectivity index (χ0) is 31.8. The number of aryl methyl sites for hydroxylation is 2. The summed E-state index contributed by atoms with van der Waals surface area (Å²) in [5.41, 5.74) is 1.96.